The molecule has 0 bridgehead atoms. The number of carbonyl (C=O) groups is 3. The molecule has 0 aromatic carbocycles. The van der Waals surface area contributed by atoms with Crippen molar-refractivity contribution >= 4 is 23.4 Å². The van der Waals surface area contributed by atoms with Crippen LogP contribution in [0, 0.1) is 0 Å². The zero-order valence-electron chi connectivity index (χ0n) is 9.71. The van der Waals surface area contributed by atoms with Crippen molar-refractivity contribution in [3.63, 3.8) is 0 Å². The Balaban J connectivity index is 2.26. The lowest BCUT2D eigenvalue weighted by Gasteiger charge is -2.11. The first-order chi connectivity index (χ1) is 8.13. The zero-order valence-corrected chi connectivity index (χ0v) is 9.71. The number of hydrogen-bond donors (Lipinski definition) is 3. The molecule has 0 saturated heterocycles. The molecule has 0 radical (unpaired) electrons. The van der Waals surface area contributed by atoms with E-state index < -0.39 is 0 Å². The lowest BCUT2D eigenvalue weighted by atomic mass is 10.1. The molecular formula is C10H16N4O3. The molecule has 1 aliphatic heterocycles. The normalized spacial score (nSPS) is 14.6. The van der Waals surface area contributed by atoms with Crippen molar-refractivity contribution in [1.82, 2.24) is 16.1 Å². The summed E-state index contributed by atoms with van der Waals surface area (Å²) in [6.45, 7) is 2.67. The van der Waals surface area contributed by atoms with Crippen LogP contribution in [0.1, 0.15) is 26.2 Å². The third-order valence-corrected chi connectivity index (χ3v) is 2.18. The van der Waals surface area contributed by atoms with E-state index in [1.165, 1.54) is 0 Å². The number of amides is 3. The van der Waals surface area contributed by atoms with Crippen LogP contribution < -0.4 is 16.1 Å². The Bertz CT molecular complexity index is 351. The second-order valence-corrected chi connectivity index (χ2v) is 3.55. The fourth-order valence-corrected chi connectivity index (χ4v) is 1.32. The highest BCUT2D eigenvalue weighted by atomic mass is 16.2. The molecule has 94 valence electrons. The van der Waals surface area contributed by atoms with E-state index in [1.54, 1.807) is 0 Å². The molecule has 3 N–H and O–H groups in total. The van der Waals surface area contributed by atoms with E-state index in [4.69, 9.17) is 0 Å². The van der Waals surface area contributed by atoms with Crippen molar-refractivity contribution in [3.05, 3.63) is 0 Å². The van der Waals surface area contributed by atoms with Gasteiger partial charge in [0, 0.05) is 32.4 Å². The van der Waals surface area contributed by atoms with E-state index in [1.807, 2.05) is 6.92 Å². The summed E-state index contributed by atoms with van der Waals surface area (Å²) in [5, 5.41) is 8.85. The third kappa shape index (κ3) is 4.62. The van der Waals surface area contributed by atoms with Gasteiger partial charge in [-0.3, -0.25) is 14.4 Å². The Morgan fingerprint density at radius 3 is 2.71 bits per heavy atom. The van der Waals surface area contributed by atoms with Crippen LogP contribution in [0.15, 0.2) is 5.10 Å². The molecule has 0 fully saturated rings. The Labute approximate surface area is 99.0 Å². The van der Waals surface area contributed by atoms with Crippen LogP contribution in [0.2, 0.25) is 0 Å². The first-order valence-corrected chi connectivity index (χ1v) is 5.53. The van der Waals surface area contributed by atoms with Gasteiger partial charge in [-0.1, -0.05) is 0 Å². The summed E-state index contributed by atoms with van der Waals surface area (Å²) >= 11 is 0. The SMILES string of the molecule is CCNC(=O)CCNC(=O)C1=NNC(=O)CC1. The van der Waals surface area contributed by atoms with E-state index >= 15 is 0 Å². The highest BCUT2D eigenvalue weighted by molar-refractivity contribution is 6.39. The molecule has 0 aromatic heterocycles. The third-order valence-electron chi connectivity index (χ3n) is 2.18. The van der Waals surface area contributed by atoms with Crippen LogP contribution >= 0.6 is 0 Å². The number of nitrogens with zero attached hydrogens (tertiary/aromatic N) is 1. The second kappa shape index (κ2) is 6.62. The van der Waals surface area contributed by atoms with Gasteiger partial charge in [0.05, 0.1) is 0 Å². The molecule has 7 heteroatoms. The second-order valence-electron chi connectivity index (χ2n) is 3.55. The monoisotopic (exact) mass is 240 g/mol. The van der Waals surface area contributed by atoms with Gasteiger partial charge in [0.25, 0.3) is 5.91 Å². The fourth-order valence-electron chi connectivity index (χ4n) is 1.32. The molecule has 17 heavy (non-hydrogen) atoms. The fraction of sp³-hybridized carbons (Fsp3) is 0.600. The van der Waals surface area contributed by atoms with Gasteiger partial charge in [0.15, 0.2) is 0 Å². The summed E-state index contributed by atoms with van der Waals surface area (Å²) in [6, 6.07) is 0. The lowest BCUT2D eigenvalue weighted by molar-refractivity contribution is -0.121. The van der Waals surface area contributed by atoms with Crippen molar-refractivity contribution in [3.8, 4) is 0 Å². The number of hydrogen-bond acceptors (Lipinski definition) is 4. The molecule has 1 heterocycles. The van der Waals surface area contributed by atoms with Crippen LogP contribution in [-0.4, -0.2) is 36.5 Å². The van der Waals surface area contributed by atoms with Crippen LogP contribution in [-0.2, 0) is 14.4 Å². The van der Waals surface area contributed by atoms with Gasteiger partial charge in [0.2, 0.25) is 11.8 Å². The predicted octanol–water partition coefficient (Wildman–Crippen LogP) is -1.11. The summed E-state index contributed by atoms with van der Waals surface area (Å²) in [6.07, 6.45) is 0.834. The predicted molar refractivity (Wildman–Crippen MR) is 61.1 cm³/mol. The maximum absolute atomic E-state index is 11.5. The maximum atomic E-state index is 11.5. The zero-order chi connectivity index (χ0) is 12.7. The summed E-state index contributed by atoms with van der Waals surface area (Å²) in [5.74, 6) is -0.634. The van der Waals surface area contributed by atoms with Gasteiger partial charge in [0.1, 0.15) is 5.71 Å². The highest BCUT2D eigenvalue weighted by Crippen LogP contribution is 1.99. The molecule has 7 nitrogen and oxygen atoms in total. The van der Waals surface area contributed by atoms with Crippen LogP contribution in [0.4, 0.5) is 0 Å². The Kier molecular flexibility index (Phi) is 5.12. The van der Waals surface area contributed by atoms with Crippen LogP contribution in [0.5, 0.6) is 0 Å². The standard InChI is InChI=1S/C10H16N4O3/c1-2-11-8(15)5-6-12-10(17)7-3-4-9(16)14-13-7/h2-6H2,1H3,(H,11,15)(H,12,17)(H,14,16). The summed E-state index contributed by atoms with van der Waals surface area (Å²) < 4.78 is 0. The van der Waals surface area contributed by atoms with Crippen LogP contribution in [0.3, 0.4) is 0 Å². The molecule has 0 unspecified atom stereocenters. The van der Waals surface area contributed by atoms with Gasteiger partial charge in [-0.2, -0.15) is 5.10 Å². The minimum atomic E-state index is -0.339. The van der Waals surface area contributed by atoms with Crippen molar-refractivity contribution in [2.45, 2.75) is 26.2 Å². The summed E-state index contributed by atoms with van der Waals surface area (Å²) in [7, 11) is 0. The van der Waals surface area contributed by atoms with E-state index in [9.17, 15) is 14.4 Å². The smallest absolute Gasteiger partial charge is 0.267 e. The summed E-state index contributed by atoms with van der Waals surface area (Å²) in [4.78, 5) is 33.4. The molecule has 0 saturated carbocycles. The number of carbonyl (C=O) groups excluding carboxylic acids is 3. The highest BCUT2D eigenvalue weighted by Gasteiger charge is 2.17. The quantitative estimate of drug-likeness (QED) is 0.568. The van der Waals surface area contributed by atoms with Crippen molar-refractivity contribution < 1.29 is 14.4 Å². The molecule has 3 amide bonds. The van der Waals surface area contributed by atoms with E-state index in [-0.39, 0.29) is 37.1 Å². The van der Waals surface area contributed by atoms with E-state index in [0.717, 1.165) is 0 Å². The van der Waals surface area contributed by atoms with Gasteiger partial charge in [-0.15, -0.1) is 0 Å². The minimum Gasteiger partial charge on any atom is -0.356 e. The van der Waals surface area contributed by atoms with E-state index in [0.29, 0.717) is 18.7 Å². The molecule has 1 rings (SSSR count). The molecule has 1 aliphatic rings. The number of rotatable bonds is 5. The maximum Gasteiger partial charge on any atom is 0.267 e. The van der Waals surface area contributed by atoms with Gasteiger partial charge in [-0.25, -0.2) is 5.43 Å². The van der Waals surface area contributed by atoms with Crippen LogP contribution in [0.25, 0.3) is 0 Å². The molecule has 0 spiro atoms. The Hall–Kier alpha value is -1.92. The molecule has 0 aliphatic carbocycles. The van der Waals surface area contributed by atoms with Crippen molar-refractivity contribution in [1.29, 1.82) is 0 Å². The largest absolute Gasteiger partial charge is 0.356 e. The first-order valence-electron chi connectivity index (χ1n) is 5.53. The van der Waals surface area contributed by atoms with Crippen molar-refractivity contribution in [2.75, 3.05) is 13.1 Å². The van der Waals surface area contributed by atoms with Gasteiger partial charge in [-0.05, 0) is 6.92 Å². The topological polar surface area (TPSA) is 99.7 Å². The Morgan fingerprint density at radius 2 is 2.12 bits per heavy atom. The molecular weight excluding hydrogens is 224 g/mol. The summed E-state index contributed by atoms with van der Waals surface area (Å²) in [5.41, 5.74) is 2.53. The lowest BCUT2D eigenvalue weighted by Crippen LogP contribution is -2.38. The van der Waals surface area contributed by atoms with E-state index in [2.05, 4.69) is 21.2 Å². The molecule has 0 atom stereocenters. The Morgan fingerprint density at radius 1 is 1.35 bits per heavy atom. The number of nitrogens with one attached hydrogen (secondary N) is 3. The minimum absolute atomic E-state index is 0.105. The van der Waals surface area contributed by atoms with Crippen molar-refractivity contribution in [2.24, 2.45) is 5.10 Å². The molecule has 0 aromatic rings. The first kappa shape index (κ1) is 13.1. The number of hydrazone groups is 1. The average molecular weight is 240 g/mol. The van der Waals surface area contributed by atoms with Gasteiger partial charge < -0.3 is 10.6 Å². The average Bonchev–Trinajstić information content (AvgIpc) is 2.30. The van der Waals surface area contributed by atoms with Gasteiger partial charge >= 0.3 is 0 Å².